The molecule has 1 unspecified atom stereocenters. The average Bonchev–Trinajstić information content (AvgIpc) is 3.24. The number of nitrogens with one attached hydrogen (secondary N) is 1. The molecule has 25 heavy (non-hydrogen) atoms. The Morgan fingerprint density at radius 3 is 2.64 bits per heavy atom. The predicted molar refractivity (Wildman–Crippen MR) is 96.4 cm³/mol. The van der Waals surface area contributed by atoms with Crippen molar-refractivity contribution in [2.24, 2.45) is 0 Å². The van der Waals surface area contributed by atoms with Gasteiger partial charge in [-0.15, -0.1) is 11.3 Å². The second kappa shape index (κ2) is 7.14. The van der Waals surface area contributed by atoms with E-state index in [-0.39, 0.29) is 18.5 Å². The summed E-state index contributed by atoms with van der Waals surface area (Å²) in [6.07, 6.45) is 3.58. The van der Waals surface area contributed by atoms with Crippen LogP contribution in [-0.4, -0.2) is 24.3 Å². The van der Waals surface area contributed by atoms with E-state index in [2.05, 4.69) is 5.32 Å². The minimum Gasteiger partial charge on any atom is -0.446 e. The van der Waals surface area contributed by atoms with Gasteiger partial charge in [-0.2, -0.15) is 0 Å². The lowest BCUT2D eigenvalue weighted by atomic mass is 10.0. The third-order valence-electron chi connectivity index (χ3n) is 4.98. The molecule has 3 heterocycles. The fourth-order valence-corrected chi connectivity index (χ4v) is 4.48. The first-order valence-electron chi connectivity index (χ1n) is 8.70. The molecule has 2 aliphatic rings. The van der Waals surface area contributed by atoms with Gasteiger partial charge >= 0.3 is 6.09 Å². The number of nitrogens with zero attached hydrogens (tertiary/aromatic N) is 1. The highest BCUT2D eigenvalue weighted by Gasteiger charge is 2.36. The van der Waals surface area contributed by atoms with E-state index in [1.54, 1.807) is 18.2 Å². The van der Waals surface area contributed by atoms with Crippen molar-refractivity contribution in [2.45, 2.75) is 50.4 Å². The predicted octanol–water partition coefficient (Wildman–Crippen LogP) is 4.31. The largest absolute Gasteiger partial charge is 0.446 e. The first-order chi connectivity index (χ1) is 12.2. The molecule has 2 aromatic rings. The highest BCUT2D eigenvalue weighted by molar-refractivity contribution is 7.14. The summed E-state index contributed by atoms with van der Waals surface area (Å²) in [5.74, 6) is -0.309. The van der Waals surface area contributed by atoms with Crippen LogP contribution in [0, 0.1) is 5.82 Å². The molecule has 1 N–H and O–H groups in total. The van der Waals surface area contributed by atoms with Crippen LogP contribution in [0.2, 0.25) is 0 Å². The number of halogens is 1. The molecule has 3 atom stereocenters. The lowest BCUT2D eigenvalue weighted by molar-refractivity contribution is 0.0720. The average molecular weight is 360 g/mol. The summed E-state index contributed by atoms with van der Waals surface area (Å²) in [7, 11) is 0. The van der Waals surface area contributed by atoms with E-state index in [1.807, 2.05) is 17.5 Å². The van der Waals surface area contributed by atoms with E-state index < -0.39 is 6.09 Å². The molecule has 1 aromatic heterocycles. The molecule has 4 nitrogen and oxygen atoms in total. The number of fused-ring (bicyclic) bond motifs is 2. The molecule has 2 fully saturated rings. The van der Waals surface area contributed by atoms with Crippen LogP contribution in [0.15, 0.2) is 41.8 Å². The van der Waals surface area contributed by atoms with E-state index in [0.29, 0.717) is 17.6 Å². The second-order valence-corrected chi connectivity index (χ2v) is 7.67. The van der Waals surface area contributed by atoms with Crippen molar-refractivity contribution < 1.29 is 13.9 Å². The van der Waals surface area contributed by atoms with Gasteiger partial charge in [0.2, 0.25) is 0 Å². The Labute approximate surface area is 150 Å². The zero-order valence-corrected chi connectivity index (χ0v) is 14.7. The van der Waals surface area contributed by atoms with E-state index in [9.17, 15) is 9.18 Å². The van der Waals surface area contributed by atoms with E-state index >= 15 is 0 Å². The molecule has 6 heteroatoms. The van der Waals surface area contributed by atoms with Crippen molar-refractivity contribution in [3.05, 3.63) is 53.2 Å². The third kappa shape index (κ3) is 3.70. The Hall–Kier alpha value is -1.92. The molecule has 0 aliphatic carbocycles. The van der Waals surface area contributed by atoms with Crippen LogP contribution in [0.25, 0.3) is 0 Å². The van der Waals surface area contributed by atoms with Gasteiger partial charge in [-0.05, 0) is 49.3 Å². The van der Waals surface area contributed by atoms with Gasteiger partial charge in [-0.1, -0.05) is 18.2 Å². The van der Waals surface area contributed by atoms with Gasteiger partial charge in [0.15, 0.2) is 0 Å². The minimum atomic E-state index is -0.392. The fourth-order valence-electron chi connectivity index (χ4n) is 3.76. The number of carbonyl (C=O) groups is 1. The highest BCUT2D eigenvalue weighted by Crippen LogP contribution is 2.30. The summed E-state index contributed by atoms with van der Waals surface area (Å²) in [5.41, 5.74) is 0.484. The SMILES string of the molecule is O=C(OC1C[C@H]2CC[C@@H](C1)N2)N(Cc1ccccc1F)c1cccs1. The van der Waals surface area contributed by atoms with Crippen LogP contribution in [0.3, 0.4) is 0 Å². The van der Waals surface area contributed by atoms with Crippen molar-refractivity contribution in [3.63, 3.8) is 0 Å². The number of rotatable bonds is 4. The maximum absolute atomic E-state index is 14.0. The maximum Gasteiger partial charge on any atom is 0.415 e. The quantitative estimate of drug-likeness (QED) is 0.883. The molecule has 0 spiro atoms. The first-order valence-corrected chi connectivity index (χ1v) is 9.58. The van der Waals surface area contributed by atoms with Crippen LogP contribution in [0.1, 0.15) is 31.2 Å². The van der Waals surface area contributed by atoms with Gasteiger partial charge in [0.25, 0.3) is 0 Å². The first kappa shape index (κ1) is 16.5. The molecule has 2 aliphatic heterocycles. The molecular formula is C19H21FN2O2S. The fraction of sp³-hybridized carbons (Fsp3) is 0.421. The van der Waals surface area contributed by atoms with Crippen molar-refractivity contribution >= 4 is 22.4 Å². The Morgan fingerprint density at radius 1 is 1.20 bits per heavy atom. The summed E-state index contributed by atoms with van der Waals surface area (Å²) < 4.78 is 19.8. The zero-order chi connectivity index (χ0) is 17.2. The smallest absolute Gasteiger partial charge is 0.415 e. The van der Waals surface area contributed by atoms with Crippen LogP contribution < -0.4 is 10.2 Å². The van der Waals surface area contributed by atoms with Crippen molar-refractivity contribution in [2.75, 3.05) is 4.90 Å². The molecule has 4 rings (SSSR count). The Morgan fingerprint density at radius 2 is 1.96 bits per heavy atom. The standard InChI is InChI=1S/C19H21FN2O2S/c20-17-5-2-1-4-13(17)12-22(18-6-3-9-25-18)19(23)24-16-10-14-7-8-15(11-16)21-14/h1-6,9,14-16,21H,7-8,10-12H2/t14-,15+,16?. The molecule has 132 valence electrons. The highest BCUT2D eigenvalue weighted by atomic mass is 32.1. The van der Waals surface area contributed by atoms with Crippen molar-refractivity contribution in [1.29, 1.82) is 0 Å². The topological polar surface area (TPSA) is 41.6 Å². The molecule has 2 saturated heterocycles. The number of ether oxygens (including phenoxy) is 1. The zero-order valence-electron chi connectivity index (χ0n) is 13.9. The number of benzene rings is 1. The van der Waals surface area contributed by atoms with Gasteiger partial charge in [-0.3, -0.25) is 4.90 Å². The lowest BCUT2D eigenvalue weighted by Gasteiger charge is -2.31. The van der Waals surface area contributed by atoms with Crippen molar-refractivity contribution in [1.82, 2.24) is 5.32 Å². The van der Waals surface area contributed by atoms with E-state index in [1.165, 1.54) is 22.3 Å². The van der Waals surface area contributed by atoms with Gasteiger partial charge in [0, 0.05) is 17.6 Å². The molecule has 0 radical (unpaired) electrons. The third-order valence-corrected chi connectivity index (χ3v) is 5.87. The van der Waals surface area contributed by atoms with Gasteiger partial charge in [0.1, 0.15) is 16.9 Å². The van der Waals surface area contributed by atoms with Gasteiger partial charge < -0.3 is 10.1 Å². The van der Waals surface area contributed by atoms with E-state index in [0.717, 1.165) is 30.7 Å². The monoisotopic (exact) mass is 360 g/mol. The summed E-state index contributed by atoms with van der Waals surface area (Å²) in [4.78, 5) is 14.4. The number of amides is 1. The molecule has 2 bridgehead atoms. The molecular weight excluding hydrogens is 339 g/mol. The van der Waals surface area contributed by atoms with Crippen LogP contribution in [0.5, 0.6) is 0 Å². The molecule has 1 amide bonds. The van der Waals surface area contributed by atoms with Crippen LogP contribution in [0.4, 0.5) is 14.2 Å². The van der Waals surface area contributed by atoms with Crippen LogP contribution in [-0.2, 0) is 11.3 Å². The number of piperidine rings is 1. The second-order valence-electron chi connectivity index (χ2n) is 6.74. The summed E-state index contributed by atoms with van der Waals surface area (Å²) in [5, 5.41) is 6.22. The van der Waals surface area contributed by atoms with E-state index in [4.69, 9.17) is 4.74 Å². The van der Waals surface area contributed by atoms with Gasteiger partial charge in [-0.25, -0.2) is 9.18 Å². The number of carbonyl (C=O) groups excluding carboxylic acids is 1. The van der Waals surface area contributed by atoms with Crippen molar-refractivity contribution in [3.8, 4) is 0 Å². The summed E-state index contributed by atoms with van der Waals surface area (Å²) in [6.45, 7) is 0.170. The Balaban J connectivity index is 1.50. The number of anilines is 1. The summed E-state index contributed by atoms with van der Waals surface area (Å²) >= 11 is 1.45. The van der Waals surface area contributed by atoms with Gasteiger partial charge in [0.05, 0.1) is 6.54 Å². The Kier molecular flexibility index (Phi) is 4.72. The number of hydrogen-bond donors (Lipinski definition) is 1. The number of hydrogen-bond acceptors (Lipinski definition) is 4. The lowest BCUT2D eigenvalue weighted by Crippen LogP contribution is -2.44. The Bertz CT molecular complexity index is 725. The van der Waals surface area contributed by atoms with Crippen LogP contribution >= 0.6 is 11.3 Å². The maximum atomic E-state index is 14.0. The normalized spacial score (nSPS) is 24.9. The number of thiophene rings is 1. The minimum absolute atomic E-state index is 0.0608. The molecule has 0 saturated carbocycles. The summed E-state index contributed by atoms with van der Waals surface area (Å²) in [6, 6.07) is 11.2. The molecule has 1 aromatic carbocycles.